The molecule has 0 radical (unpaired) electrons. The number of unbranched alkanes of at least 4 members (excludes halogenated alkanes) is 2. The quantitative estimate of drug-likeness (QED) is 0.577. The van der Waals surface area contributed by atoms with Crippen LogP contribution in [0.3, 0.4) is 0 Å². The molecule has 0 atom stereocenters. The molecule has 0 aliphatic carbocycles. The number of carbonyl (C=O) groups is 1. The molecule has 1 aromatic carbocycles. The summed E-state index contributed by atoms with van der Waals surface area (Å²) in [6.07, 6.45) is 3.74. The minimum absolute atomic E-state index is 0.0768. The topological polar surface area (TPSA) is 64.4 Å². The minimum Gasteiger partial charge on any atom is -0.496 e. The molecule has 4 heteroatoms. The highest BCUT2D eigenvalue weighted by molar-refractivity contribution is 5.75. The van der Waals surface area contributed by atoms with Gasteiger partial charge in [0.2, 0.25) is 5.91 Å². The maximum absolute atomic E-state index is 11.6. The van der Waals surface area contributed by atoms with Crippen molar-refractivity contribution in [1.82, 2.24) is 5.32 Å². The predicted octanol–water partition coefficient (Wildman–Crippen LogP) is 2.47. The zero-order chi connectivity index (χ0) is 13.4. The average Bonchev–Trinajstić information content (AvgIpc) is 2.37. The third-order valence-corrected chi connectivity index (χ3v) is 2.79. The van der Waals surface area contributed by atoms with Crippen LogP contribution in [0, 0.1) is 0 Å². The summed E-state index contributed by atoms with van der Waals surface area (Å²) in [4.78, 5) is 11.6. The normalized spacial score (nSPS) is 10.1. The number of methoxy groups -OCH3 is 1. The number of anilines is 1. The van der Waals surface area contributed by atoms with Gasteiger partial charge in [-0.15, -0.1) is 0 Å². The number of carbonyl (C=O) groups excluding carboxylic acids is 1. The van der Waals surface area contributed by atoms with Gasteiger partial charge in [0.25, 0.3) is 0 Å². The Hall–Kier alpha value is -1.71. The van der Waals surface area contributed by atoms with E-state index in [1.807, 2.05) is 12.1 Å². The summed E-state index contributed by atoms with van der Waals surface area (Å²) < 4.78 is 5.22. The number of benzene rings is 1. The second kappa shape index (κ2) is 7.58. The number of nitrogens with one attached hydrogen (secondary N) is 1. The number of ether oxygens (including phenoxy) is 1. The summed E-state index contributed by atoms with van der Waals surface area (Å²) in [7, 11) is 1.61. The Labute approximate surface area is 109 Å². The number of amides is 1. The highest BCUT2D eigenvalue weighted by Crippen LogP contribution is 2.20. The van der Waals surface area contributed by atoms with E-state index in [9.17, 15) is 4.79 Å². The molecule has 4 nitrogen and oxygen atoms in total. The minimum atomic E-state index is 0.0768. The molecule has 3 N–H and O–H groups in total. The largest absolute Gasteiger partial charge is 0.496 e. The summed E-state index contributed by atoms with van der Waals surface area (Å²) in [6.45, 7) is 2.58. The van der Waals surface area contributed by atoms with E-state index >= 15 is 0 Å². The fourth-order valence-corrected chi connectivity index (χ4v) is 1.75. The Bertz CT molecular complexity index is 391. The van der Waals surface area contributed by atoms with Crippen molar-refractivity contribution in [2.45, 2.75) is 39.2 Å². The van der Waals surface area contributed by atoms with Crippen molar-refractivity contribution in [3.05, 3.63) is 23.8 Å². The lowest BCUT2D eigenvalue weighted by Gasteiger charge is -2.10. The van der Waals surface area contributed by atoms with Crippen LogP contribution >= 0.6 is 0 Å². The summed E-state index contributed by atoms with van der Waals surface area (Å²) in [5.74, 6) is 0.825. The first-order chi connectivity index (χ1) is 8.67. The van der Waals surface area contributed by atoms with Crippen LogP contribution in [-0.2, 0) is 11.3 Å². The molecule has 18 heavy (non-hydrogen) atoms. The van der Waals surface area contributed by atoms with E-state index in [2.05, 4.69) is 12.2 Å². The van der Waals surface area contributed by atoms with E-state index < -0.39 is 0 Å². The average molecular weight is 250 g/mol. The van der Waals surface area contributed by atoms with Crippen LogP contribution in [0.5, 0.6) is 5.75 Å². The lowest BCUT2D eigenvalue weighted by atomic mass is 10.1. The van der Waals surface area contributed by atoms with Crippen molar-refractivity contribution < 1.29 is 9.53 Å². The molecule has 0 aliphatic heterocycles. The molecule has 0 spiro atoms. The molecular formula is C14H22N2O2. The van der Waals surface area contributed by atoms with E-state index in [0.29, 0.717) is 18.7 Å². The molecule has 1 rings (SSSR count). The van der Waals surface area contributed by atoms with Gasteiger partial charge in [0.15, 0.2) is 0 Å². The summed E-state index contributed by atoms with van der Waals surface area (Å²) >= 11 is 0. The SMILES string of the molecule is CCCCCC(=O)NCc1cc(N)ccc1OC. The van der Waals surface area contributed by atoms with Crippen LogP contribution in [0.2, 0.25) is 0 Å². The molecule has 0 heterocycles. The fourth-order valence-electron chi connectivity index (χ4n) is 1.75. The molecule has 1 amide bonds. The Morgan fingerprint density at radius 2 is 2.17 bits per heavy atom. The van der Waals surface area contributed by atoms with E-state index in [1.54, 1.807) is 13.2 Å². The number of rotatable bonds is 7. The van der Waals surface area contributed by atoms with Gasteiger partial charge >= 0.3 is 0 Å². The summed E-state index contributed by atoms with van der Waals surface area (Å²) in [5, 5.41) is 2.89. The molecular weight excluding hydrogens is 228 g/mol. The Morgan fingerprint density at radius 3 is 2.83 bits per heavy atom. The lowest BCUT2D eigenvalue weighted by molar-refractivity contribution is -0.121. The van der Waals surface area contributed by atoms with Gasteiger partial charge in [-0.2, -0.15) is 0 Å². The number of hydrogen-bond acceptors (Lipinski definition) is 3. The molecule has 0 unspecified atom stereocenters. The van der Waals surface area contributed by atoms with Gasteiger partial charge in [-0.3, -0.25) is 4.79 Å². The number of nitrogen functional groups attached to an aromatic ring is 1. The summed E-state index contributed by atoms with van der Waals surface area (Å²) in [6, 6.07) is 5.42. The van der Waals surface area contributed by atoms with Crippen LogP contribution in [0.4, 0.5) is 5.69 Å². The number of hydrogen-bond donors (Lipinski definition) is 2. The summed E-state index contributed by atoms with van der Waals surface area (Å²) in [5.41, 5.74) is 7.29. The smallest absolute Gasteiger partial charge is 0.220 e. The first-order valence-electron chi connectivity index (χ1n) is 6.36. The monoisotopic (exact) mass is 250 g/mol. The molecule has 0 fully saturated rings. The predicted molar refractivity (Wildman–Crippen MR) is 73.4 cm³/mol. The standard InChI is InChI=1S/C14H22N2O2/c1-3-4-5-6-14(17)16-10-11-9-12(15)7-8-13(11)18-2/h7-9H,3-6,10,15H2,1-2H3,(H,16,17). The lowest BCUT2D eigenvalue weighted by Crippen LogP contribution is -2.22. The van der Waals surface area contributed by atoms with Crippen molar-refractivity contribution >= 4 is 11.6 Å². The first kappa shape index (κ1) is 14.4. The number of nitrogens with two attached hydrogens (primary N) is 1. The van der Waals surface area contributed by atoms with Gasteiger partial charge in [-0.25, -0.2) is 0 Å². The Morgan fingerprint density at radius 1 is 1.39 bits per heavy atom. The van der Waals surface area contributed by atoms with Crippen LogP contribution in [0.15, 0.2) is 18.2 Å². The van der Waals surface area contributed by atoms with Gasteiger partial charge in [-0.1, -0.05) is 19.8 Å². The fraction of sp³-hybridized carbons (Fsp3) is 0.500. The van der Waals surface area contributed by atoms with Gasteiger partial charge in [0, 0.05) is 24.2 Å². The zero-order valence-electron chi connectivity index (χ0n) is 11.2. The first-order valence-corrected chi connectivity index (χ1v) is 6.36. The molecule has 0 bridgehead atoms. The van der Waals surface area contributed by atoms with Gasteiger partial charge in [0.05, 0.1) is 7.11 Å². The molecule has 0 aliphatic rings. The van der Waals surface area contributed by atoms with Gasteiger partial charge in [0.1, 0.15) is 5.75 Å². The van der Waals surface area contributed by atoms with Crippen molar-refractivity contribution in [3.8, 4) is 5.75 Å². The zero-order valence-corrected chi connectivity index (χ0v) is 11.2. The third-order valence-electron chi connectivity index (χ3n) is 2.79. The van der Waals surface area contributed by atoms with Crippen molar-refractivity contribution in [2.24, 2.45) is 0 Å². The van der Waals surface area contributed by atoms with Crippen LogP contribution in [0.25, 0.3) is 0 Å². The second-order valence-corrected chi connectivity index (χ2v) is 4.31. The third kappa shape index (κ3) is 4.65. The van der Waals surface area contributed by atoms with Crippen molar-refractivity contribution in [2.75, 3.05) is 12.8 Å². The molecule has 0 aromatic heterocycles. The van der Waals surface area contributed by atoms with Crippen LogP contribution < -0.4 is 15.8 Å². The molecule has 1 aromatic rings. The van der Waals surface area contributed by atoms with Crippen LogP contribution in [0.1, 0.15) is 38.2 Å². The highest BCUT2D eigenvalue weighted by atomic mass is 16.5. The Balaban J connectivity index is 2.47. The maximum atomic E-state index is 11.6. The molecule has 100 valence electrons. The highest BCUT2D eigenvalue weighted by Gasteiger charge is 2.06. The molecule has 0 saturated carbocycles. The van der Waals surface area contributed by atoms with Gasteiger partial charge < -0.3 is 15.8 Å². The van der Waals surface area contributed by atoms with Crippen molar-refractivity contribution in [1.29, 1.82) is 0 Å². The van der Waals surface area contributed by atoms with Crippen LogP contribution in [-0.4, -0.2) is 13.0 Å². The second-order valence-electron chi connectivity index (χ2n) is 4.31. The molecule has 0 saturated heterocycles. The van der Waals surface area contributed by atoms with E-state index in [4.69, 9.17) is 10.5 Å². The van der Waals surface area contributed by atoms with Gasteiger partial charge in [-0.05, 0) is 24.6 Å². The Kier molecular flexibility index (Phi) is 6.05. The van der Waals surface area contributed by atoms with Crippen molar-refractivity contribution in [3.63, 3.8) is 0 Å². The van der Waals surface area contributed by atoms with E-state index in [-0.39, 0.29) is 5.91 Å². The van der Waals surface area contributed by atoms with E-state index in [1.165, 1.54) is 0 Å². The maximum Gasteiger partial charge on any atom is 0.220 e. The van der Waals surface area contributed by atoms with E-state index in [0.717, 1.165) is 30.6 Å².